The molecule has 0 bridgehead atoms. The maximum absolute atomic E-state index is 10.9. The normalized spacial score (nSPS) is 11.3. The molecule has 0 aliphatic carbocycles. The number of aromatic nitrogens is 4. The van der Waals surface area contributed by atoms with Gasteiger partial charge in [-0.05, 0) is 42.0 Å². The highest BCUT2D eigenvalue weighted by Gasteiger charge is 2.12. The highest BCUT2D eigenvalue weighted by molar-refractivity contribution is 5.96. The fourth-order valence-electron chi connectivity index (χ4n) is 4.13. The second-order valence-corrected chi connectivity index (χ2v) is 7.84. The van der Waals surface area contributed by atoms with E-state index in [1.54, 1.807) is 18.5 Å². The van der Waals surface area contributed by atoms with Gasteiger partial charge in [0.05, 0.1) is 29.5 Å². The number of nitrogens with zero attached hydrogens (tertiary/aromatic N) is 4. The molecule has 3 aromatic heterocycles. The molecule has 0 aliphatic heterocycles. The van der Waals surface area contributed by atoms with Gasteiger partial charge in [-0.1, -0.05) is 42.5 Å². The summed E-state index contributed by atoms with van der Waals surface area (Å²) in [4.78, 5) is 20.0. The monoisotopic (exact) mass is 430 g/mol. The van der Waals surface area contributed by atoms with Gasteiger partial charge in [-0.15, -0.1) is 0 Å². The van der Waals surface area contributed by atoms with Crippen molar-refractivity contribution in [3.63, 3.8) is 0 Å². The highest BCUT2D eigenvalue weighted by atomic mass is 16.3. The fourth-order valence-corrected chi connectivity index (χ4v) is 4.13. The van der Waals surface area contributed by atoms with Crippen molar-refractivity contribution in [2.75, 3.05) is 0 Å². The summed E-state index contributed by atoms with van der Waals surface area (Å²) < 4.78 is 7.56. The Bertz CT molecular complexity index is 1620. The first-order valence-electron chi connectivity index (χ1n) is 10.6. The number of fused-ring (bicyclic) bond motifs is 2. The number of aldehydes is 1. The number of rotatable bonds is 5. The number of furan rings is 1. The highest BCUT2D eigenvalue weighted by Crippen LogP contribution is 2.31. The molecule has 6 nitrogen and oxygen atoms in total. The lowest BCUT2D eigenvalue weighted by atomic mass is 10.0. The summed E-state index contributed by atoms with van der Waals surface area (Å²) in [5, 5.41) is 6.59. The molecule has 0 spiro atoms. The summed E-state index contributed by atoms with van der Waals surface area (Å²) in [6.07, 6.45) is 4.16. The number of hydrogen-bond donors (Lipinski definition) is 0. The number of hydrogen-bond acceptors (Lipinski definition) is 5. The summed E-state index contributed by atoms with van der Waals surface area (Å²) in [5.74, 6) is 0.931. The van der Waals surface area contributed by atoms with E-state index >= 15 is 0 Å². The molecule has 0 aliphatic rings. The van der Waals surface area contributed by atoms with Crippen molar-refractivity contribution < 1.29 is 9.21 Å². The molecule has 158 valence electrons. The summed E-state index contributed by atoms with van der Waals surface area (Å²) in [6.45, 7) is 0.724. The molecule has 3 aromatic carbocycles. The lowest BCUT2D eigenvalue weighted by Crippen LogP contribution is -2.00. The first-order valence-corrected chi connectivity index (χ1v) is 10.6. The van der Waals surface area contributed by atoms with Crippen molar-refractivity contribution in [2.24, 2.45) is 0 Å². The fraction of sp³-hybridized carbons (Fsp3) is 0.0370. The van der Waals surface area contributed by atoms with Gasteiger partial charge >= 0.3 is 0 Å². The van der Waals surface area contributed by atoms with Crippen LogP contribution in [0.15, 0.2) is 95.8 Å². The van der Waals surface area contributed by atoms with E-state index in [9.17, 15) is 4.79 Å². The smallest absolute Gasteiger partial charge is 0.185 e. The SMILES string of the molecule is O=Cc1ccc(-c2ccc3c(-c4ccc5c(cnn5Cc5ccccc5)c4)ncnc3c2)o1. The minimum Gasteiger partial charge on any atom is -0.453 e. The van der Waals surface area contributed by atoms with E-state index in [0.29, 0.717) is 17.8 Å². The van der Waals surface area contributed by atoms with E-state index < -0.39 is 0 Å². The third kappa shape index (κ3) is 3.47. The van der Waals surface area contributed by atoms with Crippen LogP contribution >= 0.6 is 0 Å². The second kappa shape index (κ2) is 7.84. The van der Waals surface area contributed by atoms with Crippen LogP contribution in [-0.2, 0) is 6.54 Å². The average Bonchev–Trinajstić information content (AvgIpc) is 3.51. The Morgan fingerprint density at radius 1 is 0.879 bits per heavy atom. The molecule has 0 saturated heterocycles. The summed E-state index contributed by atoms with van der Waals surface area (Å²) in [5.41, 5.74) is 5.81. The zero-order valence-electron chi connectivity index (χ0n) is 17.6. The van der Waals surface area contributed by atoms with Gasteiger partial charge in [-0.25, -0.2) is 9.97 Å². The Balaban J connectivity index is 1.38. The minimum atomic E-state index is 0.301. The van der Waals surface area contributed by atoms with Crippen molar-refractivity contribution >= 4 is 28.1 Å². The number of carbonyl (C=O) groups excluding carboxylic acids is 1. The van der Waals surface area contributed by atoms with Crippen molar-refractivity contribution in [3.05, 3.63) is 103 Å². The lowest BCUT2D eigenvalue weighted by Gasteiger charge is -2.08. The predicted molar refractivity (Wildman–Crippen MR) is 127 cm³/mol. The zero-order valence-corrected chi connectivity index (χ0v) is 17.6. The third-order valence-electron chi connectivity index (χ3n) is 5.75. The molecule has 6 aromatic rings. The Kier molecular flexibility index (Phi) is 4.54. The molecule has 6 rings (SSSR count). The molecule has 0 amide bonds. The third-order valence-corrected chi connectivity index (χ3v) is 5.75. The molecule has 0 saturated carbocycles. The number of carbonyl (C=O) groups is 1. The standard InChI is InChI=1S/C27H18N4O2/c32-16-22-8-11-26(33-22)19-6-9-23-24(13-19)28-17-29-27(23)20-7-10-25-21(12-20)14-30-31(25)15-18-4-2-1-3-5-18/h1-14,16-17H,15H2. The zero-order chi connectivity index (χ0) is 22.2. The van der Waals surface area contributed by atoms with Crippen LogP contribution in [-0.4, -0.2) is 26.0 Å². The van der Waals surface area contributed by atoms with Gasteiger partial charge in [0.1, 0.15) is 12.1 Å². The molecule has 33 heavy (non-hydrogen) atoms. The predicted octanol–water partition coefficient (Wildman–Crippen LogP) is 5.77. The van der Waals surface area contributed by atoms with E-state index in [4.69, 9.17) is 4.42 Å². The topological polar surface area (TPSA) is 73.8 Å². The van der Waals surface area contributed by atoms with Crippen LogP contribution in [0, 0.1) is 0 Å². The van der Waals surface area contributed by atoms with Crippen molar-refractivity contribution in [2.45, 2.75) is 6.54 Å². The van der Waals surface area contributed by atoms with E-state index in [-0.39, 0.29) is 0 Å². The van der Waals surface area contributed by atoms with Gasteiger partial charge in [-0.3, -0.25) is 9.48 Å². The van der Waals surface area contributed by atoms with Crippen LogP contribution in [0.5, 0.6) is 0 Å². The van der Waals surface area contributed by atoms with Crippen LogP contribution < -0.4 is 0 Å². The van der Waals surface area contributed by atoms with E-state index in [1.165, 1.54) is 5.56 Å². The van der Waals surface area contributed by atoms with Crippen LogP contribution in [0.25, 0.3) is 44.4 Å². The summed E-state index contributed by atoms with van der Waals surface area (Å²) >= 11 is 0. The van der Waals surface area contributed by atoms with Gasteiger partial charge in [0.2, 0.25) is 0 Å². The maximum atomic E-state index is 10.9. The number of benzene rings is 3. The molecule has 0 fully saturated rings. The van der Waals surface area contributed by atoms with E-state index in [2.05, 4.69) is 45.4 Å². The molecule has 0 radical (unpaired) electrons. The molecule has 6 heteroatoms. The second-order valence-electron chi connectivity index (χ2n) is 7.84. The van der Waals surface area contributed by atoms with Crippen molar-refractivity contribution in [1.29, 1.82) is 0 Å². The van der Waals surface area contributed by atoms with Crippen LogP contribution in [0.3, 0.4) is 0 Å². The Morgan fingerprint density at radius 3 is 2.61 bits per heavy atom. The van der Waals surface area contributed by atoms with Crippen molar-refractivity contribution in [3.8, 4) is 22.6 Å². The summed E-state index contributed by atoms with van der Waals surface area (Å²) in [7, 11) is 0. The molecular formula is C27H18N4O2. The molecule has 0 N–H and O–H groups in total. The van der Waals surface area contributed by atoms with Gasteiger partial charge in [0, 0.05) is 21.9 Å². The molecule has 0 unspecified atom stereocenters. The molecular weight excluding hydrogens is 412 g/mol. The van der Waals surface area contributed by atoms with Gasteiger partial charge in [0.15, 0.2) is 12.0 Å². The maximum Gasteiger partial charge on any atom is 0.185 e. The van der Waals surface area contributed by atoms with E-state index in [0.717, 1.165) is 45.2 Å². The molecule has 0 atom stereocenters. The van der Waals surface area contributed by atoms with Gasteiger partial charge < -0.3 is 4.42 Å². The first kappa shape index (κ1) is 19.1. The summed E-state index contributed by atoms with van der Waals surface area (Å²) in [6, 6.07) is 25.9. The Hall–Kier alpha value is -4.58. The minimum absolute atomic E-state index is 0.301. The van der Waals surface area contributed by atoms with Crippen molar-refractivity contribution in [1.82, 2.24) is 19.7 Å². The lowest BCUT2D eigenvalue weighted by molar-refractivity contribution is 0.110. The molecule has 3 heterocycles. The van der Waals surface area contributed by atoms with Gasteiger partial charge in [0.25, 0.3) is 0 Å². The average molecular weight is 430 g/mol. The Labute approximate surface area is 189 Å². The van der Waals surface area contributed by atoms with Crippen LogP contribution in [0.4, 0.5) is 0 Å². The van der Waals surface area contributed by atoms with E-state index in [1.807, 2.05) is 47.3 Å². The van der Waals surface area contributed by atoms with Gasteiger partial charge in [-0.2, -0.15) is 5.10 Å². The largest absolute Gasteiger partial charge is 0.453 e. The quantitative estimate of drug-likeness (QED) is 0.325. The van der Waals surface area contributed by atoms with Crippen LogP contribution in [0.2, 0.25) is 0 Å². The first-order chi connectivity index (χ1) is 16.3. The van der Waals surface area contributed by atoms with Crippen LogP contribution in [0.1, 0.15) is 16.1 Å². The Morgan fingerprint density at radius 2 is 1.76 bits per heavy atom.